The lowest BCUT2D eigenvalue weighted by Gasteiger charge is -2.09. The summed E-state index contributed by atoms with van der Waals surface area (Å²) >= 11 is 0. The quantitative estimate of drug-likeness (QED) is 0.381. The van der Waals surface area contributed by atoms with Gasteiger partial charge in [-0.15, -0.1) is 0 Å². The average Bonchev–Trinajstić information content (AvgIpc) is 2.17. The van der Waals surface area contributed by atoms with Gasteiger partial charge in [-0.05, 0) is 0 Å². The third-order valence-corrected chi connectivity index (χ3v) is 1.46. The van der Waals surface area contributed by atoms with Crippen LogP contribution >= 0.6 is 0 Å². The molecule has 0 radical (unpaired) electrons. The Labute approximate surface area is 89.4 Å². The molecule has 0 aromatic carbocycles. The first-order valence-electron chi connectivity index (χ1n) is 4.20. The van der Waals surface area contributed by atoms with E-state index in [9.17, 15) is 19.2 Å². The van der Waals surface area contributed by atoms with Gasteiger partial charge in [0.25, 0.3) is 0 Å². The summed E-state index contributed by atoms with van der Waals surface area (Å²) in [6.45, 7) is -0.449. The van der Waals surface area contributed by atoms with Crippen LogP contribution in [0.2, 0.25) is 0 Å². The van der Waals surface area contributed by atoms with Crippen molar-refractivity contribution in [2.24, 2.45) is 0 Å². The Kier molecular flexibility index (Phi) is 4.25. The van der Waals surface area contributed by atoms with Crippen LogP contribution in [0, 0.1) is 0 Å². The second-order valence-corrected chi connectivity index (χ2v) is 2.65. The minimum absolute atomic E-state index is 0.225. The minimum atomic E-state index is -0.513. The maximum atomic E-state index is 10.2. The number of rotatable bonds is 0. The second-order valence-electron chi connectivity index (χ2n) is 2.65. The molecule has 0 unspecified atom stereocenters. The van der Waals surface area contributed by atoms with Crippen LogP contribution in [0.5, 0.6) is 0 Å². The number of hydrogen-bond acceptors (Lipinski definition) is 8. The van der Waals surface area contributed by atoms with Crippen molar-refractivity contribution < 1.29 is 38.1 Å². The lowest BCUT2D eigenvalue weighted by molar-refractivity contribution is -0.183. The lowest BCUT2D eigenvalue weighted by atomic mass is 10.4. The molecule has 16 heavy (non-hydrogen) atoms. The van der Waals surface area contributed by atoms with Gasteiger partial charge in [-0.1, -0.05) is 0 Å². The predicted molar refractivity (Wildman–Crippen MR) is 43.3 cm³/mol. The molecular formula is C8H8O8. The van der Waals surface area contributed by atoms with Gasteiger partial charge in [0.15, 0.2) is 0 Å². The summed E-state index contributed by atoms with van der Waals surface area (Å²) < 4.78 is 17.1. The van der Waals surface area contributed by atoms with Gasteiger partial charge in [0.05, 0.1) is 0 Å². The molecule has 0 amide bonds. The molecule has 8 heteroatoms. The van der Waals surface area contributed by atoms with Gasteiger partial charge in [-0.3, -0.25) is 19.2 Å². The van der Waals surface area contributed by atoms with Crippen LogP contribution in [0.4, 0.5) is 0 Å². The fraction of sp³-hybridized carbons (Fsp3) is 0.500. The first-order valence-corrected chi connectivity index (χ1v) is 4.20. The van der Waals surface area contributed by atoms with Crippen molar-refractivity contribution in [3.05, 3.63) is 0 Å². The highest BCUT2D eigenvalue weighted by atomic mass is 16.7. The second kappa shape index (κ2) is 5.69. The highest BCUT2D eigenvalue weighted by molar-refractivity contribution is 5.92. The molecule has 2 rings (SSSR count). The Morgan fingerprint density at radius 1 is 0.562 bits per heavy atom. The summed E-state index contributed by atoms with van der Waals surface area (Å²) in [6.07, 6.45) is -0.500. The van der Waals surface area contributed by atoms with Crippen molar-refractivity contribution >= 4 is 23.9 Å². The lowest BCUT2D eigenvalue weighted by Crippen LogP contribution is -2.22. The summed E-state index contributed by atoms with van der Waals surface area (Å²) in [5.74, 6) is -2.05. The van der Waals surface area contributed by atoms with E-state index in [2.05, 4.69) is 18.9 Å². The third kappa shape index (κ3) is 4.40. The standard InChI is InChI=1S/2C4H4O4/c2*5-3-1-4(6)8-2-7-3/h2*1-2H2. The zero-order valence-corrected chi connectivity index (χ0v) is 8.09. The van der Waals surface area contributed by atoms with E-state index in [4.69, 9.17) is 0 Å². The van der Waals surface area contributed by atoms with Crippen molar-refractivity contribution in [2.75, 3.05) is 13.6 Å². The van der Waals surface area contributed by atoms with Gasteiger partial charge < -0.3 is 18.9 Å². The first kappa shape index (κ1) is 12.0. The molecule has 0 aliphatic carbocycles. The average molecular weight is 232 g/mol. The molecular weight excluding hydrogens is 224 g/mol. The number of hydrogen-bond donors (Lipinski definition) is 0. The summed E-state index contributed by atoms with van der Waals surface area (Å²) in [4.78, 5) is 40.6. The maximum Gasteiger partial charge on any atom is 0.320 e. The molecule has 2 aliphatic rings. The number of ether oxygens (including phenoxy) is 4. The van der Waals surface area contributed by atoms with Gasteiger partial charge in [-0.2, -0.15) is 0 Å². The normalized spacial score (nSPS) is 19.5. The van der Waals surface area contributed by atoms with E-state index in [-0.39, 0.29) is 26.4 Å². The summed E-state index contributed by atoms with van der Waals surface area (Å²) in [5, 5.41) is 0. The van der Waals surface area contributed by atoms with Crippen molar-refractivity contribution in [3.8, 4) is 0 Å². The molecule has 2 heterocycles. The predicted octanol–water partition coefficient (Wildman–Crippen LogP) is -1.13. The van der Waals surface area contributed by atoms with Gasteiger partial charge in [0, 0.05) is 0 Å². The van der Waals surface area contributed by atoms with Crippen molar-refractivity contribution in [1.82, 2.24) is 0 Å². The number of carbonyl (C=O) groups is 4. The first-order chi connectivity index (χ1) is 7.58. The van der Waals surface area contributed by atoms with Crippen LogP contribution in [0.25, 0.3) is 0 Å². The number of esters is 4. The molecule has 0 bridgehead atoms. The molecule has 2 saturated heterocycles. The summed E-state index contributed by atoms with van der Waals surface area (Å²) in [5.41, 5.74) is 0. The monoisotopic (exact) mass is 232 g/mol. The van der Waals surface area contributed by atoms with Crippen molar-refractivity contribution in [2.45, 2.75) is 12.8 Å². The van der Waals surface area contributed by atoms with E-state index in [1.165, 1.54) is 0 Å². The van der Waals surface area contributed by atoms with Gasteiger partial charge in [-0.25, -0.2) is 0 Å². The van der Waals surface area contributed by atoms with Crippen LogP contribution in [-0.2, 0) is 38.1 Å². The van der Waals surface area contributed by atoms with E-state index in [1.807, 2.05) is 0 Å². The molecule has 8 nitrogen and oxygen atoms in total. The molecule has 0 aromatic heterocycles. The number of cyclic esters (lactones) is 4. The SMILES string of the molecule is O=C1CC(=O)OCO1.O=C1CC(=O)OCO1. The smallest absolute Gasteiger partial charge is 0.320 e. The van der Waals surface area contributed by atoms with Gasteiger partial charge in [0.1, 0.15) is 12.8 Å². The molecule has 88 valence electrons. The molecule has 0 atom stereocenters. The Hall–Kier alpha value is -2.12. The van der Waals surface area contributed by atoms with Crippen LogP contribution in [-0.4, -0.2) is 37.5 Å². The van der Waals surface area contributed by atoms with E-state index >= 15 is 0 Å². The highest BCUT2D eigenvalue weighted by Gasteiger charge is 2.17. The van der Waals surface area contributed by atoms with Crippen molar-refractivity contribution in [3.63, 3.8) is 0 Å². The van der Waals surface area contributed by atoms with Crippen LogP contribution in [0.3, 0.4) is 0 Å². The molecule has 0 spiro atoms. The number of carbonyl (C=O) groups excluding carboxylic acids is 4. The van der Waals surface area contributed by atoms with E-state index < -0.39 is 23.9 Å². The molecule has 0 saturated carbocycles. The van der Waals surface area contributed by atoms with Crippen LogP contribution < -0.4 is 0 Å². The Bertz CT molecular complexity index is 260. The summed E-state index contributed by atoms with van der Waals surface area (Å²) in [6, 6.07) is 0. The molecule has 0 aromatic rings. The summed E-state index contributed by atoms with van der Waals surface area (Å²) in [7, 11) is 0. The van der Waals surface area contributed by atoms with Gasteiger partial charge in [0.2, 0.25) is 13.6 Å². The largest absolute Gasteiger partial charge is 0.427 e. The van der Waals surface area contributed by atoms with Crippen LogP contribution in [0.1, 0.15) is 12.8 Å². The Balaban J connectivity index is 0.000000160. The van der Waals surface area contributed by atoms with E-state index in [1.54, 1.807) is 0 Å². The minimum Gasteiger partial charge on any atom is -0.427 e. The van der Waals surface area contributed by atoms with Gasteiger partial charge >= 0.3 is 23.9 Å². The Morgan fingerprint density at radius 3 is 0.938 bits per heavy atom. The topological polar surface area (TPSA) is 105 Å². The Morgan fingerprint density at radius 2 is 0.812 bits per heavy atom. The third-order valence-electron chi connectivity index (χ3n) is 1.46. The molecule has 0 N–H and O–H groups in total. The molecule has 2 fully saturated rings. The van der Waals surface area contributed by atoms with E-state index in [0.29, 0.717) is 0 Å². The van der Waals surface area contributed by atoms with Crippen molar-refractivity contribution in [1.29, 1.82) is 0 Å². The fourth-order valence-corrected chi connectivity index (χ4v) is 0.762. The zero-order chi connectivity index (χ0) is 12.0. The van der Waals surface area contributed by atoms with E-state index in [0.717, 1.165) is 0 Å². The van der Waals surface area contributed by atoms with Crippen LogP contribution in [0.15, 0.2) is 0 Å². The zero-order valence-electron chi connectivity index (χ0n) is 8.09. The maximum absolute atomic E-state index is 10.2. The molecule has 2 aliphatic heterocycles. The fourth-order valence-electron chi connectivity index (χ4n) is 0.762. The highest BCUT2D eigenvalue weighted by Crippen LogP contribution is 1.97.